The Morgan fingerprint density at radius 2 is 2.12 bits per heavy atom. The number of hydrogen-bond donors (Lipinski definition) is 0. The fourth-order valence-corrected chi connectivity index (χ4v) is 3.23. The Kier molecular flexibility index (Phi) is 4.01. The van der Waals surface area contributed by atoms with Crippen molar-refractivity contribution in [3.63, 3.8) is 0 Å². The molecule has 1 aliphatic carbocycles. The van der Waals surface area contributed by atoms with Gasteiger partial charge in [-0.2, -0.15) is 0 Å². The number of hydrogen-bond acceptors (Lipinski definition) is 2. The van der Waals surface area contributed by atoms with Crippen LogP contribution in [0.4, 0.5) is 0 Å². The topological polar surface area (TPSA) is 26.3 Å². The van der Waals surface area contributed by atoms with E-state index in [1.807, 2.05) is 0 Å². The Bertz CT molecular complexity index is 241. The largest absolute Gasteiger partial charge is 0.381 e. The summed E-state index contributed by atoms with van der Waals surface area (Å²) in [6.45, 7) is 6.29. The molecule has 0 aromatic carbocycles. The van der Waals surface area contributed by atoms with E-state index in [-0.39, 0.29) is 0 Å². The maximum absolute atomic E-state index is 12.0. The molecule has 3 atom stereocenters. The summed E-state index contributed by atoms with van der Waals surface area (Å²) in [5.74, 6) is 2.81. The molecule has 16 heavy (non-hydrogen) atoms. The van der Waals surface area contributed by atoms with Gasteiger partial charge in [0.15, 0.2) is 0 Å². The Balaban J connectivity index is 1.97. The van der Waals surface area contributed by atoms with Crippen LogP contribution in [0.2, 0.25) is 0 Å². The van der Waals surface area contributed by atoms with E-state index in [9.17, 15) is 4.79 Å². The molecule has 1 saturated carbocycles. The van der Waals surface area contributed by atoms with E-state index in [0.717, 1.165) is 50.7 Å². The van der Waals surface area contributed by atoms with Gasteiger partial charge in [-0.1, -0.05) is 13.8 Å². The molecule has 92 valence electrons. The van der Waals surface area contributed by atoms with Crippen LogP contribution in [0.15, 0.2) is 0 Å². The molecule has 3 unspecified atom stereocenters. The van der Waals surface area contributed by atoms with E-state index in [1.165, 1.54) is 6.42 Å². The standard InChI is InChI=1S/C14H24O2/c1-10(2)11-5-6-14(15)13(8-11)12-4-3-7-16-9-12/h10-13H,3-9H2,1-2H3. The lowest BCUT2D eigenvalue weighted by Crippen LogP contribution is -2.36. The first-order valence-corrected chi connectivity index (χ1v) is 6.79. The molecule has 2 aliphatic rings. The summed E-state index contributed by atoms with van der Waals surface area (Å²) in [7, 11) is 0. The molecule has 2 rings (SSSR count). The summed E-state index contributed by atoms with van der Waals surface area (Å²) in [6.07, 6.45) is 5.37. The summed E-state index contributed by atoms with van der Waals surface area (Å²) < 4.78 is 5.53. The summed E-state index contributed by atoms with van der Waals surface area (Å²) in [5, 5.41) is 0. The molecular formula is C14H24O2. The predicted octanol–water partition coefficient (Wildman–Crippen LogP) is 3.05. The van der Waals surface area contributed by atoms with Gasteiger partial charge in [0.25, 0.3) is 0 Å². The maximum atomic E-state index is 12.0. The third-order valence-corrected chi connectivity index (χ3v) is 4.44. The molecule has 1 aliphatic heterocycles. The minimum Gasteiger partial charge on any atom is -0.381 e. The van der Waals surface area contributed by atoms with Crippen LogP contribution < -0.4 is 0 Å². The molecule has 0 bridgehead atoms. The van der Waals surface area contributed by atoms with Crippen LogP contribution in [0.25, 0.3) is 0 Å². The number of Topliss-reactive ketones (excluding diaryl/α,β-unsaturated/α-hetero) is 1. The monoisotopic (exact) mass is 224 g/mol. The van der Waals surface area contributed by atoms with Gasteiger partial charge in [-0.15, -0.1) is 0 Å². The average molecular weight is 224 g/mol. The van der Waals surface area contributed by atoms with Crippen molar-refractivity contribution in [3.05, 3.63) is 0 Å². The van der Waals surface area contributed by atoms with Gasteiger partial charge >= 0.3 is 0 Å². The molecule has 0 aromatic heterocycles. The second kappa shape index (κ2) is 5.31. The Labute approximate surface area is 98.7 Å². The Morgan fingerprint density at radius 1 is 1.31 bits per heavy atom. The molecule has 2 fully saturated rings. The van der Waals surface area contributed by atoms with E-state index in [4.69, 9.17) is 4.74 Å². The fraction of sp³-hybridized carbons (Fsp3) is 0.929. The highest BCUT2D eigenvalue weighted by molar-refractivity contribution is 5.82. The van der Waals surface area contributed by atoms with Crippen molar-refractivity contribution in [1.82, 2.24) is 0 Å². The molecule has 0 N–H and O–H groups in total. The van der Waals surface area contributed by atoms with Crippen molar-refractivity contribution in [2.24, 2.45) is 23.7 Å². The third kappa shape index (κ3) is 2.65. The van der Waals surface area contributed by atoms with Gasteiger partial charge < -0.3 is 4.74 Å². The van der Waals surface area contributed by atoms with E-state index in [2.05, 4.69) is 13.8 Å². The van der Waals surface area contributed by atoms with E-state index in [0.29, 0.717) is 17.6 Å². The van der Waals surface area contributed by atoms with Crippen molar-refractivity contribution in [2.75, 3.05) is 13.2 Å². The summed E-state index contributed by atoms with van der Waals surface area (Å²) in [4.78, 5) is 12.0. The van der Waals surface area contributed by atoms with Crippen molar-refractivity contribution in [3.8, 4) is 0 Å². The molecule has 2 heteroatoms. The minimum atomic E-state index is 0.307. The average Bonchev–Trinajstić information content (AvgIpc) is 2.30. The van der Waals surface area contributed by atoms with Gasteiger partial charge in [0.1, 0.15) is 5.78 Å². The molecule has 1 heterocycles. The van der Waals surface area contributed by atoms with E-state index in [1.54, 1.807) is 0 Å². The van der Waals surface area contributed by atoms with Crippen LogP contribution in [0.1, 0.15) is 46.0 Å². The van der Waals surface area contributed by atoms with E-state index < -0.39 is 0 Å². The number of carbonyl (C=O) groups is 1. The van der Waals surface area contributed by atoms with Gasteiger partial charge in [0, 0.05) is 18.9 Å². The lowest BCUT2D eigenvalue weighted by atomic mass is 9.70. The zero-order chi connectivity index (χ0) is 11.5. The van der Waals surface area contributed by atoms with Gasteiger partial charge in [0.05, 0.1) is 6.61 Å². The first kappa shape index (κ1) is 12.1. The number of carbonyl (C=O) groups excluding carboxylic acids is 1. The molecule has 1 saturated heterocycles. The molecule has 0 radical (unpaired) electrons. The predicted molar refractivity (Wildman–Crippen MR) is 64.2 cm³/mol. The minimum absolute atomic E-state index is 0.307. The van der Waals surface area contributed by atoms with Crippen molar-refractivity contribution in [1.29, 1.82) is 0 Å². The molecule has 0 spiro atoms. The zero-order valence-corrected chi connectivity index (χ0v) is 10.6. The maximum Gasteiger partial charge on any atom is 0.136 e. The molecule has 0 aromatic rings. The highest BCUT2D eigenvalue weighted by atomic mass is 16.5. The van der Waals surface area contributed by atoms with Gasteiger partial charge in [-0.05, 0) is 43.4 Å². The van der Waals surface area contributed by atoms with Crippen LogP contribution >= 0.6 is 0 Å². The van der Waals surface area contributed by atoms with Gasteiger partial charge in [-0.25, -0.2) is 0 Å². The second-order valence-electron chi connectivity index (χ2n) is 5.83. The lowest BCUT2D eigenvalue weighted by molar-refractivity contribution is -0.130. The quantitative estimate of drug-likeness (QED) is 0.720. The number of rotatable bonds is 2. The summed E-state index contributed by atoms with van der Waals surface area (Å²) in [5.41, 5.74) is 0. The van der Waals surface area contributed by atoms with Crippen molar-refractivity contribution >= 4 is 5.78 Å². The summed E-state index contributed by atoms with van der Waals surface area (Å²) >= 11 is 0. The van der Waals surface area contributed by atoms with Crippen LogP contribution in [0, 0.1) is 23.7 Å². The molecule has 0 amide bonds. The lowest BCUT2D eigenvalue weighted by Gasteiger charge is -2.36. The van der Waals surface area contributed by atoms with Crippen LogP contribution in [-0.4, -0.2) is 19.0 Å². The second-order valence-corrected chi connectivity index (χ2v) is 5.83. The van der Waals surface area contributed by atoms with Crippen molar-refractivity contribution < 1.29 is 9.53 Å². The van der Waals surface area contributed by atoms with Crippen LogP contribution in [0.3, 0.4) is 0 Å². The Hall–Kier alpha value is -0.370. The third-order valence-electron chi connectivity index (χ3n) is 4.44. The SMILES string of the molecule is CC(C)C1CCC(=O)C(C2CCCOC2)C1. The van der Waals surface area contributed by atoms with Gasteiger partial charge in [-0.3, -0.25) is 4.79 Å². The first-order chi connectivity index (χ1) is 7.68. The normalized spacial score (nSPS) is 36.7. The van der Waals surface area contributed by atoms with Crippen LogP contribution in [-0.2, 0) is 9.53 Å². The summed E-state index contributed by atoms with van der Waals surface area (Å²) in [6, 6.07) is 0. The smallest absolute Gasteiger partial charge is 0.136 e. The molecular weight excluding hydrogens is 200 g/mol. The highest BCUT2D eigenvalue weighted by Gasteiger charge is 2.36. The fourth-order valence-electron chi connectivity index (χ4n) is 3.23. The van der Waals surface area contributed by atoms with E-state index >= 15 is 0 Å². The zero-order valence-electron chi connectivity index (χ0n) is 10.6. The van der Waals surface area contributed by atoms with Crippen LogP contribution in [0.5, 0.6) is 0 Å². The van der Waals surface area contributed by atoms with Crippen molar-refractivity contribution in [2.45, 2.75) is 46.0 Å². The highest BCUT2D eigenvalue weighted by Crippen LogP contribution is 2.37. The Morgan fingerprint density at radius 3 is 2.75 bits per heavy atom. The number of ether oxygens (including phenoxy) is 1. The first-order valence-electron chi connectivity index (χ1n) is 6.79. The molecule has 2 nitrogen and oxygen atoms in total. The number of ketones is 1. The van der Waals surface area contributed by atoms with Gasteiger partial charge in [0.2, 0.25) is 0 Å².